The van der Waals surface area contributed by atoms with Gasteiger partial charge < -0.3 is 4.74 Å². The molecule has 0 N–H and O–H groups in total. The number of hydrogen-bond acceptors (Lipinski definition) is 6. The molecule has 2 aromatic carbocycles. The summed E-state index contributed by atoms with van der Waals surface area (Å²) in [5.74, 6) is 0. The Bertz CT molecular complexity index is 993. The molecule has 3 rings (SSSR count). The summed E-state index contributed by atoms with van der Waals surface area (Å²) in [6.07, 6.45) is 0.425. The molecular formula is C18H18O6S2. The van der Waals surface area contributed by atoms with Gasteiger partial charge >= 0.3 is 0 Å². The highest BCUT2D eigenvalue weighted by atomic mass is 32.2. The molecule has 0 aliphatic carbocycles. The Morgan fingerprint density at radius 3 is 2.27 bits per heavy atom. The van der Waals surface area contributed by atoms with Gasteiger partial charge in [0, 0.05) is 5.41 Å². The molecule has 6 nitrogen and oxygen atoms in total. The van der Waals surface area contributed by atoms with E-state index in [9.17, 15) is 16.8 Å². The average Bonchev–Trinajstić information content (AvgIpc) is 3.38. The highest BCUT2D eigenvalue weighted by Crippen LogP contribution is 2.26. The minimum absolute atomic E-state index is 0.0718. The van der Waals surface area contributed by atoms with Crippen molar-refractivity contribution in [3.05, 3.63) is 71.6 Å². The number of benzene rings is 2. The Labute approximate surface area is 153 Å². The smallest absolute Gasteiger partial charge is 0.297 e. The SMILES string of the molecule is Cc1ccc(S(=O)(=O)OC[C@@H]2O[C@H]2/C=C/S(=O)(=O)c2ccccc2)cc1. The Morgan fingerprint density at radius 1 is 0.962 bits per heavy atom. The zero-order valence-corrected chi connectivity index (χ0v) is 15.6. The van der Waals surface area contributed by atoms with Crippen molar-refractivity contribution in [2.75, 3.05) is 6.61 Å². The molecule has 138 valence electrons. The molecule has 2 aromatic rings. The second-order valence-corrected chi connectivity index (χ2v) is 9.33. The van der Waals surface area contributed by atoms with Gasteiger partial charge in [-0.25, -0.2) is 8.42 Å². The van der Waals surface area contributed by atoms with Crippen LogP contribution in [0.3, 0.4) is 0 Å². The average molecular weight is 394 g/mol. The van der Waals surface area contributed by atoms with E-state index in [2.05, 4.69) is 0 Å². The van der Waals surface area contributed by atoms with Crippen LogP contribution in [0.4, 0.5) is 0 Å². The molecule has 0 amide bonds. The first-order chi connectivity index (χ1) is 12.3. The molecule has 26 heavy (non-hydrogen) atoms. The molecular weight excluding hydrogens is 376 g/mol. The third kappa shape index (κ3) is 4.59. The van der Waals surface area contributed by atoms with Crippen LogP contribution in [0, 0.1) is 6.92 Å². The monoisotopic (exact) mass is 394 g/mol. The molecule has 1 saturated heterocycles. The summed E-state index contributed by atoms with van der Waals surface area (Å²) in [7, 11) is -7.41. The van der Waals surface area contributed by atoms with Crippen molar-refractivity contribution < 1.29 is 25.8 Å². The maximum atomic E-state index is 12.1. The minimum Gasteiger partial charge on any atom is -0.363 e. The number of hydrogen-bond donors (Lipinski definition) is 0. The quantitative estimate of drug-likeness (QED) is 0.529. The molecule has 1 aliphatic heterocycles. The third-order valence-electron chi connectivity index (χ3n) is 3.84. The van der Waals surface area contributed by atoms with Gasteiger partial charge in [0.25, 0.3) is 10.1 Å². The lowest BCUT2D eigenvalue weighted by molar-refractivity contribution is 0.265. The van der Waals surface area contributed by atoms with Crippen LogP contribution < -0.4 is 0 Å². The van der Waals surface area contributed by atoms with Crippen molar-refractivity contribution in [1.29, 1.82) is 0 Å². The Morgan fingerprint density at radius 2 is 1.62 bits per heavy atom. The zero-order chi connectivity index (χ0) is 18.8. The van der Waals surface area contributed by atoms with E-state index in [0.717, 1.165) is 11.0 Å². The van der Waals surface area contributed by atoms with E-state index in [-0.39, 0.29) is 16.4 Å². The Hall–Kier alpha value is -2.00. The van der Waals surface area contributed by atoms with E-state index < -0.39 is 32.2 Å². The zero-order valence-electron chi connectivity index (χ0n) is 14.0. The molecule has 2 atom stereocenters. The van der Waals surface area contributed by atoms with Gasteiger partial charge in [0.15, 0.2) is 9.84 Å². The van der Waals surface area contributed by atoms with Gasteiger partial charge in [-0.05, 0) is 37.3 Å². The minimum atomic E-state index is -3.86. The molecule has 1 heterocycles. The number of aryl methyl sites for hydroxylation is 1. The van der Waals surface area contributed by atoms with Crippen LogP contribution in [0.2, 0.25) is 0 Å². The normalized spacial score (nSPS) is 20.3. The van der Waals surface area contributed by atoms with E-state index >= 15 is 0 Å². The third-order valence-corrected chi connectivity index (χ3v) is 6.58. The molecule has 8 heteroatoms. The predicted molar refractivity (Wildman–Crippen MR) is 95.7 cm³/mol. The molecule has 0 bridgehead atoms. The van der Waals surface area contributed by atoms with Gasteiger partial charge in [-0.3, -0.25) is 4.18 Å². The molecule has 0 spiro atoms. The number of sulfone groups is 1. The second-order valence-electron chi connectivity index (χ2n) is 5.88. The summed E-state index contributed by atoms with van der Waals surface area (Å²) < 4.78 is 58.7. The van der Waals surface area contributed by atoms with Crippen LogP contribution in [0.25, 0.3) is 0 Å². The summed E-state index contributed by atoms with van der Waals surface area (Å²) in [6, 6.07) is 14.3. The van der Waals surface area contributed by atoms with Crippen LogP contribution in [0.1, 0.15) is 5.56 Å². The van der Waals surface area contributed by atoms with Gasteiger partial charge in [-0.2, -0.15) is 8.42 Å². The fraction of sp³-hybridized carbons (Fsp3) is 0.222. The van der Waals surface area contributed by atoms with E-state index in [4.69, 9.17) is 8.92 Å². The first-order valence-corrected chi connectivity index (χ1v) is 10.8. The van der Waals surface area contributed by atoms with Crippen LogP contribution in [0.15, 0.2) is 75.9 Å². The van der Waals surface area contributed by atoms with Crippen molar-refractivity contribution in [2.24, 2.45) is 0 Å². The Kier molecular flexibility index (Phi) is 5.29. The van der Waals surface area contributed by atoms with Gasteiger partial charge in [-0.15, -0.1) is 0 Å². The number of epoxide rings is 1. The van der Waals surface area contributed by atoms with Crippen molar-refractivity contribution in [2.45, 2.75) is 28.9 Å². The maximum Gasteiger partial charge on any atom is 0.297 e. The highest BCUT2D eigenvalue weighted by molar-refractivity contribution is 7.94. The van der Waals surface area contributed by atoms with E-state index in [0.29, 0.717) is 0 Å². The lowest BCUT2D eigenvalue weighted by Gasteiger charge is -2.04. The standard InChI is InChI=1S/C18H18O6S2/c1-14-7-9-16(10-8-14)26(21,22)23-13-18-17(24-18)11-12-25(19,20)15-5-3-2-4-6-15/h2-12,17-18H,13H2,1H3/b12-11+/t17-,18-/m0/s1. The fourth-order valence-corrected chi connectivity index (χ4v) is 4.23. The molecule has 0 saturated carbocycles. The van der Waals surface area contributed by atoms with Crippen molar-refractivity contribution in [3.8, 4) is 0 Å². The van der Waals surface area contributed by atoms with Crippen LogP contribution in [-0.4, -0.2) is 35.7 Å². The second kappa shape index (κ2) is 7.32. The van der Waals surface area contributed by atoms with Gasteiger partial charge in [0.05, 0.1) is 16.4 Å². The topological polar surface area (TPSA) is 90.0 Å². The molecule has 1 aliphatic rings. The fourth-order valence-electron chi connectivity index (χ4n) is 2.26. The lowest BCUT2D eigenvalue weighted by atomic mass is 10.2. The largest absolute Gasteiger partial charge is 0.363 e. The highest BCUT2D eigenvalue weighted by Gasteiger charge is 2.38. The van der Waals surface area contributed by atoms with Crippen LogP contribution >= 0.6 is 0 Å². The first-order valence-electron chi connectivity index (χ1n) is 7.88. The van der Waals surface area contributed by atoms with Crippen LogP contribution in [-0.2, 0) is 28.9 Å². The summed E-state index contributed by atoms with van der Waals surface area (Å²) in [5.41, 5.74) is 0.944. The molecule has 0 unspecified atom stereocenters. The summed E-state index contributed by atoms with van der Waals surface area (Å²) in [5, 5.41) is 1.07. The maximum absolute atomic E-state index is 12.1. The number of rotatable bonds is 7. The van der Waals surface area contributed by atoms with Crippen LogP contribution in [0.5, 0.6) is 0 Å². The molecule has 0 aromatic heterocycles. The van der Waals surface area contributed by atoms with Crippen molar-refractivity contribution in [3.63, 3.8) is 0 Å². The Balaban J connectivity index is 1.56. The van der Waals surface area contributed by atoms with E-state index in [1.807, 2.05) is 6.92 Å². The summed E-state index contributed by atoms with van der Waals surface area (Å²) in [4.78, 5) is 0.258. The van der Waals surface area contributed by atoms with E-state index in [1.54, 1.807) is 30.3 Å². The van der Waals surface area contributed by atoms with Crippen molar-refractivity contribution >= 4 is 20.0 Å². The van der Waals surface area contributed by atoms with Gasteiger partial charge in [0.1, 0.15) is 12.2 Å². The number of ether oxygens (including phenoxy) is 1. The van der Waals surface area contributed by atoms with Gasteiger partial charge in [0.2, 0.25) is 0 Å². The van der Waals surface area contributed by atoms with Crippen molar-refractivity contribution in [1.82, 2.24) is 0 Å². The summed E-state index contributed by atoms with van der Waals surface area (Å²) in [6.45, 7) is 1.69. The lowest BCUT2D eigenvalue weighted by Crippen LogP contribution is -2.12. The van der Waals surface area contributed by atoms with E-state index in [1.165, 1.54) is 30.3 Å². The molecule has 0 radical (unpaired) electrons. The summed E-state index contributed by atoms with van der Waals surface area (Å²) >= 11 is 0. The van der Waals surface area contributed by atoms with Gasteiger partial charge in [-0.1, -0.05) is 35.9 Å². The first kappa shape index (κ1) is 18.8. The predicted octanol–water partition coefficient (Wildman–Crippen LogP) is 2.46. The molecule has 1 fully saturated rings.